The molecule has 7 atom stereocenters. The molecule has 3 heterocycles. The van der Waals surface area contributed by atoms with Crippen LogP contribution in [0.3, 0.4) is 0 Å². The zero-order valence-electron chi connectivity index (χ0n) is 18.8. The monoisotopic (exact) mass is 541 g/mol. The molecule has 8 nitrogen and oxygen atoms in total. The molecule has 1 spiro atoms. The van der Waals surface area contributed by atoms with Crippen molar-refractivity contribution in [2.45, 2.75) is 55.3 Å². The van der Waals surface area contributed by atoms with Crippen molar-refractivity contribution in [2.75, 3.05) is 19.0 Å². The molecule has 4 rings (SSSR count). The maximum atomic E-state index is 13.9. The number of carbonyl (C=O) groups is 3. The minimum Gasteiger partial charge on any atom is -0.394 e. The van der Waals surface area contributed by atoms with Crippen LogP contribution in [0.4, 0.5) is 5.69 Å². The zero-order chi connectivity index (χ0) is 24.1. The van der Waals surface area contributed by atoms with Crippen LogP contribution in [0.1, 0.15) is 26.7 Å². The number of carbonyl (C=O) groups excluding carboxylic acids is 3. The summed E-state index contributed by atoms with van der Waals surface area (Å²) >= 11 is 9.88. The fourth-order valence-corrected chi connectivity index (χ4v) is 6.94. The molecule has 3 amide bonds. The molecule has 3 aliphatic rings. The topological polar surface area (TPSA) is 108 Å². The number of rotatable bonds is 7. The van der Waals surface area contributed by atoms with Crippen LogP contribution in [0.15, 0.2) is 24.3 Å². The van der Waals surface area contributed by atoms with Gasteiger partial charge in [0.1, 0.15) is 11.6 Å². The van der Waals surface area contributed by atoms with Crippen LogP contribution < -0.4 is 10.6 Å². The normalized spacial score (nSPS) is 33.4. The van der Waals surface area contributed by atoms with Gasteiger partial charge in [0.15, 0.2) is 0 Å². The minimum atomic E-state index is -1.18. The number of aliphatic hydroxyl groups is 1. The van der Waals surface area contributed by atoms with Gasteiger partial charge in [0.25, 0.3) is 0 Å². The van der Waals surface area contributed by atoms with Crippen LogP contribution in [0, 0.1) is 17.8 Å². The Hall–Kier alpha value is -1.68. The number of halogens is 2. The Kier molecular flexibility index (Phi) is 6.79. The first-order valence-corrected chi connectivity index (χ1v) is 12.5. The van der Waals surface area contributed by atoms with Crippen LogP contribution in [-0.2, 0) is 19.1 Å². The number of alkyl halides is 1. The molecule has 3 fully saturated rings. The average molecular weight is 543 g/mol. The number of para-hydroxylation sites is 1. The van der Waals surface area contributed by atoms with Crippen LogP contribution in [-0.4, -0.2) is 70.0 Å². The number of ether oxygens (including phenoxy) is 1. The summed E-state index contributed by atoms with van der Waals surface area (Å²) in [5.74, 6) is -2.42. The summed E-state index contributed by atoms with van der Waals surface area (Å²) < 4.78 is 6.39. The quantitative estimate of drug-likeness (QED) is 0.458. The first-order chi connectivity index (χ1) is 15.7. The van der Waals surface area contributed by atoms with Gasteiger partial charge in [-0.1, -0.05) is 53.5 Å². The number of nitrogens with zero attached hydrogens (tertiary/aromatic N) is 1. The Bertz CT molecular complexity index is 962. The Morgan fingerprint density at radius 2 is 2.03 bits per heavy atom. The third kappa shape index (κ3) is 3.87. The SMILES string of the molecule is CNC(=O)[C@H]1[C@H]2C(=O)N([C@@H](CO)CC(C)C)C(C(=O)Nc3ccccc3Cl)C23CC(Br)[C@@H]1O3. The maximum absolute atomic E-state index is 13.9. The van der Waals surface area contributed by atoms with E-state index in [2.05, 4.69) is 26.6 Å². The fraction of sp³-hybridized carbons (Fsp3) is 0.609. The number of nitrogens with one attached hydrogen (secondary N) is 2. The van der Waals surface area contributed by atoms with Gasteiger partial charge < -0.3 is 25.4 Å². The van der Waals surface area contributed by atoms with E-state index < -0.39 is 41.5 Å². The molecule has 10 heteroatoms. The first kappa shape index (κ1) is 24.4. The number of aliphatic hydroxyl groups excluding tert-OH is 1. The molecular weight excluding hydrogens is 514 g/mol. The molecule has 0 radical (unpaired) electrons. The van der Waals surface area contributed by atoms with E-state index in [9.17, 15) is 19.5 Å². The van der Waals surface area contributed by atoms with E-state index in [-0.39, 0.29) is 29.2 Å². The zero-order valence-corrected chi connectivity index (χ0v) is 21.1. The van der Waals surface area contributed by atoms with Crippen molar-refractivity contribution < 1.29 is 24.2 Å². The van der Waals surface area contributed by atoms with Crippen molar-refractivity contribution in [1.82, 2.24) is 10.2 Å². The molecule has 0 aliphatic carbocycles. The highest BCUT2D eigenvalue weighted by Gasteiger charge is 2.77. The van der Waals surface area contributed by atoms with Gasteiger partial charge in [0.05, 0.1) is 41.3 Å². The van der Waals surface area contributed by atoms with Gasteiger partial charge in [-0.25, -0.2) is 0 Å². The number of benzene rings is 1. The predicted molar refractivity (Wildman–Crippen MR) is 127 cm³/mol. The van der Waals surface area contributed by atoms with Gasteiger partial charge >= 0.3 is 0 Å². The Balaban J connectivity index is 1.79. The summed E-state index contributed by atoms with van der Waals surface area (Å²) in [5, 5.41) is 16.1. The molecule has 3 aliphatic heterocycles. The van der Waals surface area contributed by atoms with Crippen LogP contribution in [0.5, 0.6) is 0 Å². The summed E-state index contributed by atoms with van der Waals surface area (Å²) in [6.07, 6.45) is 0.389. The lowest BCUT2D eigenvalue weighted by molar-refractivity contribution is -0.144. The van der Waals surface area contributed by atoms with Gasteiger partial charge in [0, 0.05) is 11.9 Å². The summed E-state index contributed by atoms with van der Waals surface area (Å²) in [4.78, 5) is 41.7. The number of amides is 3. The lowest BCUT2D eigenvalue weighted by Crippen LogP contribution is -2.57. The molecule has 0 aromatic heterocycles. The maximum Gasteiger partial charge on any atom is 0.250 e. The molecule has 33 heavy (non-hydrogen) atoms. The molecule has 1 aromatic rings. The molecule has 3 saturated heterocycles. The molecular formula is C23H29BrClN3O5. The Labute approximate surface area is 206 Å². The summed E-state index contributed by atoms with van der Waals surface area (Å²) in [6, 6.07) is 5.26. The molecule has 180 valence electrons. The van der Waals surface area contributed by atoms with E-state index in [0.29, 0.717) is 23.6 Å². The number of fused-ring (bicyclic) bond motifs is 1. The summed E-state index contributed by atoms with van der Waals surface area (Å²) in [7, 11) is 1.53. The van der Waals surface area contributed by atoms with Crippen molar-refractivity contribution in [3.63, 3.8) is 0 Å². The second-order valence-electron chi connectivity index (χ2n) is 9.46. The van der Waals surface area contributed by atoms with Crippen molar-refractivity contribution in [3.8, 4) is 0 Å². The Morgan fingerprint density at radius 1 is 1.33 bits per heavy atom. The third-order valence-corrected chi connectivity index (χ3v) is 8.18. The highest BCUT2D eigenvalue weighted by molar-refractivity contribution is 9.09. The first-order valence-electron chi connectivity index (χ1n) is 11.2. The van der Waals surface area contributed by atoms with Gasteiger partial charge in [0.2, 0.25) is 17.7 Å². The lowest BCUT2D eigenvalue weighted by Gasteiger charge is -2.37. The van der Waals surface area contributed by atoms with Crippen molar-refractivity contribution in [3.05, 3.63) is 29.3 Å². The lowest BCUT2D eigenvalue weighted by atomic mass is 9.70. The summed E-state index contributed by atoms with van der Waals surface area (Å²) in [6.45, 7) is 3.69. The van der Waals surface area contributed by atoms with Crippen LogP contribution >= 0.6 is 27.5 Å². The highest BCUT2D eigenvalue weighted by Crippen LogP contribution is 2.60. The number of anilines is 1. The van der Waals surface area contributed by atoms with Crippen LogP contribution in [0.25, 0.3) is 0 Å². The second kappa shape index (κ2) is 9.17. The minimum absolute atomic E-state index is 0.177. The second-order valence-corrected chi connectivity index (χ2v) is 11.0. The van der Waals surface area contributed by atoms with Crippen molar-refractivity contribution in [2.24, 2.45) is 17.8 Å². The number of hydrogen-bond donors (Lipinski definition) is 3. The molecule has 3 unspecified atom stereocenters. The van der Waals surface area contributed by atoms with Crippen molar-refractivity contribution >= 4 is 50.9 Å². The predicted octanol–water partition coefficient (Wildman–Crippen LogP) is 2.18. The Morgan fingerprint density at radius 3 is 2.64 bits per heavy atom. The summed E-state index contributed by atoms with van der Waals surface area (Å²) in [5.41, 5.74) is -0.755. The van der Waals surface area contributed by atoms with Gasteiger partial charge in [-0.15, -0.1) is 0 Å². The van der Waals surface area contributed by atoms with Gasteiger partial charge in [-0.05, 0) is 30.9 Å². The van der Waals surface area contributed by atoms with E-state index in [4.69, 9.17) is 16.3 Å². The van der Waals surface area contributed by atoms with Gasteiger partial charge in [-0.3, -0.25) is 14.4 Å². The molecule has 3 N–H and O–H groups in total. The fourth-order valence-electron chi connectivity index (χ4n) is 5.81. The molecule has 1 aromatic carbocycles. The largest absolute Gasteiger partial charge is 0.394 e. The molecule has 0 saturated carbocycles. The average Bonchev–Trinajstić information content (AvgIpc) is 3.36. The van der Waals surface area contributed by atoms with Crippen LogP contribution in [0.2, 0.25) is 5.02 Å². The standard InChI is InChI=1S/C23H29BrClN3O5/c1-11(2)8-12(10-29)28-19(21(31)27-15-7-5-4-6-14(15)25)23-9-13(24)18(33-23)16(20(30)26-3)17(23)22(28)32/h4-7,11-13,16-19,29H,8-10H2,1-3H3,(H,26,30)(H,27,31)/t12-,13?,16+,17+,18+,19?,23?/m1/s1. The van der Waals surface area contributed by atoms with Crippen molar-refractivity contribution in [1.29, 1.82) is 0 Å². The van der Waals surface area contributed by atoms with Gasteiger partial charge in [-0.2, -0.15) is 0 Å². The van der Waals surface area contributed by atoms with E-state index in [1.807, 2.05) is 13.8 Å². The number of hydrogen-bond acceptors (Lipinski definition) is 5. The highest BCUT2D eigenvalue weighted by atomic mass is 79.9. The molecule has 2 bridgehead atoms. The van der Waals surface area contributed by atoms with E-state index in [1.165, 1.54) is 11.9 Å². The third-order valence-electron chi connectivity index (χ3n) is 7.00. The van der Waals surface area contributed by atoms with E-state index >= 15 is 0 Å². The van der Waals surface area contributed by atoms with E-state index in [1.54, 1.807) is 24.3 Å². The number of likely N-dealkylation sites (tertiary alicyclic amines) is 1. The van der Waals surface area contributed by atoms with E-state index in [0.717, 1.165) is 0 Å². The smallest absolute Gasteiger partial charge is 0.250 e.